The number of halogens is 2. The summed E-state index contributed by atoms with van der Waals surface area (Å²) in [5.41, 5.74) is 0.989. The lowest BCUT2D eigenvalue weighted by atomic mass is 9.93. The Balaban J connectivity index is 2.21. The van der Waals surface area contributed by atoms with Gasteiger partial charge in [-0.3, -0.25) is 4.79 Å². The van der Waals surface area contributed by atoms with E-state index >= 15 is 0 Å². The topological polar surface area (TPSA) is 20.3 Å². The molecule has 0 aliphatic carbocycles. The van der Waals surface area contributed by atoms with Crippen molar-refractivity contribution < 1.29 is 4.79 Å². The molecular formula is C13H15Br2NO. The van der Waals surface area contributed by atoms with E-state index in [2.05, 4.69) is 45.7 Å². The van der Waals surface area contributed by atoms with Crippen molar-refractivity contribution in [3.8, 4) is 0 Å². The number of hydrogen-bond acceptors (Lipinski definition) is 1. The van der Waals surface area contributed by atoms with Crippen LogP contribution in [0, 0.1) is 5.41 Å². The van der Waals surface area contributed by atoms with Crippen LogP contribution in [0.2, 0.25) is 0 Å². The van der Waals surface area contributed by atoms with Gasteiger partial charge in [0, 0.05) is 22.0 Å². The van der Waals surface area contributed by atoms with Crippen LogP contribution in [0.5, 0.6) is 0 Å². The van der Waals surface area contributed by atoms with Crippen LogP contribution in [0.1, 0.15) is 30.6 Å². The van der Waals surface area contributed by atoms with Crippen LogP contribution in [-0.2, 0) is 0 Å². The van der Waals surface area contributed by atoms with Crippen molar-refractivity contribution >= 4 is 37.8 Å². The maximum atomic E-state index is 12.3. The maximum Gasteiger partial charge on any atom is 0.255 e. The SMILES string of the molecule is CC1(C)CCN(C(=O)c2ccc(Br)cc2Br)C1. The van der Waals surface area contributed by atoms with Gasteiger partial charge in [-0.2, -0.15) is 0 Å². The third-order valence-corrected chi connectivity index (χ3v) is 4.28. The fourth-order valence-corrected chi connectivity index (χ4v) is 3.34. The molecule has 1 aliphatic rings. The second kappa shape index (κ2) is 4.73. The Labute approximate surface area is 119 Å². The summed E-state index contributed by atoms with van der Waals surface area (Å²) in [4.78, 5) is 14.3. The van der Waals surface area contributed by atoms with Crippen LogP contribution in [-0.4, -0.2) is 23.9 Å². The van der Waals surface area contributed by atoms with Gasteiger partial charge in [0.1, 0.15) is 0 Å². The molecule has 17 heavy (non-hydrogen) atoms. The van der Waals surface area contributed by atoms with Crippen LogP contribution in [0.25, 0.3) is 0 Å². The van der Waals surface area contributed by atoms with Crippen molar-refractivity contribution in [2.75, 3.05) is 13.1 Å². The predicted octanol–water partition coefficient (Wildman–Crippen LogP) is 4.08. The average Bonchev–Trinajstić information content (AvgIpc) is 2.58. The molecule has 0 radical (unpaired) electrons. The van der Waals surface area contributed by atoms with E-state index in [0.29, 0.717) is 0 Å². The zero-order valence-corrected chi connectivity index (χ0v) is 13.1. The number of amides is 1. The minimum Gasteiger partial charge on any atom is -0.338 e. The highest BCUT2D eigenvalue weighted by Crippen LogP contribution is 2.31. The molecule has 0 spiro atoms. The molecule has 1 aromatic carbocycles. The van der Waals surface area contributed by atoms with E-state index in [1.807, 2.05) is 23.1 Å². The summed E-state index contributed by atoms with van der Waals surface area (Å²) in [7, 11) is 0. The minimum absolute atomic E-state index is 0.120. The van der Waals surface area contributed by atoms with Gasteiger partial charge in [-0.1, -0.05) is 29.8 Å². The number of likely N-dealkylation sites (tertiary alicyclic amines) is 1. The molecular weight excluding hydrogens is 346 g/mol. The van der Waals surface area contributed by atoms with E-state index in [0.717, 1.165) is 34.0 Å². The Morgan fingerprint density at radius 1 is 1.35 bits per heavy atom. The summed E-state index contributed by atoms with van der Waals surface area (Å²) < 4.78 is 1.82. The normalized spacial score (nSPS) is 18.5. The Kier molecular flexibility index (Phi) is 3.64. The summed E-state index contributed by atoms with van der Waals surface area (Å²) in [5.74, 6) is 0.120. The molecule has 0 bridgehead atoms. The lowest BCUT2D eigenvalue weighted by Gasteiger charge is -2.20. The molecule has 0 N–H and O–H groups in total. The number of benzene rings is 1. The number of carbonyl (C=O) groups is 1. The molecule has 0 atom stereocenters. The molecule has 0 aromatic heterocycles. The molecule has 1 saturated heterocycles. The van der Waals surface area contributed by atoms with Gasteiger partial charge in [0.05, 0.1) is 5.56 Å². The molecule has 0 saturated carbocycles. The van der Waals surface area contributed by atoms with E-state index < -0.39 is 0 Å². The van der Waals surface area contributed by atoms with Crippen LogP contribution in [0.4, 0.5) is 0 Å². The molecule has 1 amide bonds. The van der Waals surface area contributed by atoms with Gasteiger partial charge >= 0.3 is 0 Å². The molecule has 2 rings (SSSR count). The molecule has 0 unspecified atom stereocenters. The van der Waals surface area contributed by atoms with Gasteiger partial charge in [-0.05, 0) is 46.0 Å². The van der Waals surface area contributed by atoms with Crippen molar-refractivity contribution in [2.45, 2.75) is 20.3 Å². The van der Waals surface area contributed by atoms with Crippen molar-refractivity contribution in [3.63, 3.8) is 0 Å². The quantitative estimate of drug-likeness (QED) is 0.738. The zero-order valence-electron chi connectivity index (χ0n) is 9.96. The first-order chi connectivity index (χ1) is 7.89. The van der Waals surface area contributed by atoms with Crippen LogP contribution in [0.15, 0.2) is 27.1 Å². The monoisotopic (exact) mass is 359 g/mol. The summed E-state index contributed by atoms with van der Waals surface area (Å²) >= 11 is 6.84. The Bertz CT molecular complexity index is 457. The first kappa shape index (κ1) is 13.1. The molecule has 1 aliphatic heterocycles. The van der Waals surface area contributed by atoms with Gasteiger partial charge in [-0.25, -0.2) is 0 Å². The van der Waals surface area contributed by atoms with E-state index in [9.17, 15) is 4.79 Å². The summed E-state index contributed by atoms with van der Waals surface area (Å²) in [6, 6.07) is 5.68. The van der Waals surface area contributed by atoms with Gasteiger partial charge in [0.15, 0.2) is 0 Å². The van der Waals surface area contributed by atoms with Gasteiger partial charge in [0.25, 0.3) is 5.91 Å². The second-order valence-electron chi connectivity index (χ2n) is 5.27. The van der Waals surface area contributed by atoms with Crippen LogP contribution >= 0.6 is 31.9 Å². The second-order valence-corrected chi connectivity index (χ2v) is 7.04. The van der Waals surface area contributed by atoms with Crippen molar-refractivity contribution in [3.05, 3.63) is 32.7 Å². The molecule has 1 fully saturated rings. The summed E-state index contributed by atoms with van der Waals surface area (Å²) in [5, 5.41) is 0. The van der Waals surface area contributed by atoms with Crippen molar-refractivity contribution in [1.82, 2.24) is 4.90 Å². The third kappa shape index (κ3) is 2.91. The molecule has 1 aromatic rings. The smallest absolute Gasteiger partial charge is 0.255 e. The standard InChI is InChI=1S/C13H15Br2NO/c1-13(2)5-6-16(8-13)12(17)10-4-3-9(14)7-11(10)15/h3-4,7H,5-6,8H2,1-2H3. The van der Waals surface area contributed by atoms with Gasteiger partial charge < -0.3 is 4.90 Å². The molecule has 4 heteroatoms. The van der Waals surface area contributed by atoms with E-state index in [1.54, 1.807) is 0 Å². The highest BCUT2D eigenvalue weighted by molar-refractivity contribution is 9.11. The highest BCUT2D eigenvalue weighted by atomic mass is 79.9. The largest absolute Gasteiger partial charge is 0.338 e. The molecule has 92 valence electrons. The zero-order chi connectivity index (χ0) is 12.6. The van der Waals surface area contributed by atoms with Gasteiger partial charge in [0.2, 0.25) is 0 Å². The van der Waals surface area contributed by atoms with Crippen molar-refractivity contribution in [1.29, 1.82) is 0 Å². The summed E-state index contributed by atoms with van der Waals surface area (Å²) in [6.45, 7) is 6.11. The minimum atomic E-state index is 0.120. The first-order valence-electron chi connectivity index (χ1n) is 5.63. The van der Waals surface area contributed by atoms with E-state index in [4.69, 9.17) is 0 Å². The number of carbonyl (C=O) groups excluding carboxylic acids is 1. The van der Waals surface area contributed by atoms with E-state index in [-0.39, 0.29) is 11.3 Å². The third-order valence-electron chi connectivity index (χ3n) is 3.13. The Morgan fingerprint density at radius 3 is 2.59 bits per heavy atom. The molecule has 2 nitrogen and oxygen atoms in total. The first-order valence-corrected chi connectivity index (χ1v) is 7.22. The number of nitrogens with zero attached hydrogens (tertiary/aromatic N) is 1. The average molecular weight is 361 g/mol. The van der Waals surface area contributed by atoms with Crippen LogP contribution in [0.3, 0.4) is 0 Å². The fraction of sp³-hybridized carbons (Fsp3) is 0.462. The van der Waals surface area contributed by atoms with Crippen LogP contribution < -0.4 is 0 Å². The van der Waals surface area contributed by atoms with Crippen molar-refractivity contribution in [2.24, 2.45) is 5.41 Å². The Morgan fingerprint density at radius 2 is 2.06 bits per heavy atom. The lowest BCUT2D eigenvalue weighted by molar-refractivity contribution is 0.0777. The summed E-state index contributed by atoms with van der Waals surface area (Å²) in [6.07, 6.45) is 1.08. The Hall–Kier alpha value is -0.350. The lowest BCUT2D eigenvalue weighted by Crippen LogP contribution is -2.30. The fourth-order valence-electron chi connectivity index (χ4n) is 2.12. The van der Waals surface area contributed by atoms with E-state index in [1.165, 1.54) is 0 Å². The number of hydrogen-bond donors (Lipinski definition) is 0. The highest BCUT2D eigenvalue weighted by Gasteiger charge is 2.32. The maximum absolute atomic E-state index is 12.3. The number of rotatable bonds is 1. The van der Waals surface area contributed by atoms with Gasteiger partial charge in [-0.15, -0.1) is 0 Å². The molecule has 1 heterocycles. The predicted molar refractivity (Wildman–Crippen MR) is 76.1 cm³/mol.